The lowest BCUT2D eigenvalue weighted by atomic mass is 10.7. The molecule has 0 aliphatic carbocycles. The summed E-state index contributed by atoms with van der Waals surface area (Å²) in [6.07, 6.45) is 0. The van der Waals surface area contributed by atoms with E-state index in [1.165, 1.54) is 0 Å². The minimum Gasteiger partial charge on any atom is -0.340 e. The van der Waals surface area contributed by atoms with Crippen LogP contribution in [0.15, 0.2) is 6.07 Å². The van der Waals surface area contributed by atoms with Crippen LogP contribution in [0.4, 0.5) is 0 Å². The first-order valence-electron chi connectivity index (χ1n) is 1.89. The molecular formula is C4H2Cl2IN. The predicted octanol–water partition coefficient (Wildman–Crippen LogP) is 2.93. The Labute approximate surface area is 70.5 Å². The molecule has 1 aromatic heterocycles. The third-order valence-electron chi connectivity index (χ3n) is 0.692. The molecule has 0 saturated heterocycles. The third-order valence-corrected chi connectivity index (χ3v) is 1.97. The second kappa shape index (κ2) is 2.45. The molecular weight excluding hydrogens is 260 g/mol. The molecule has 8 heavy (non-hydrogen) atoms. The quantitative estimate of drug-likeness (QED) is 0.692. The molecule has 0 aromatic carbocycles. The number of aromatic nitrogens is 1. The number of aromatic amines is 1. The van der Waals surface area contributed by atoms with Gasteiger partial charge in [0.2, 0.25) is 0 Å². The fraction of sp³-hybridized carbons (Fsp3) is 0. The fourth-order valence-electron chi connectivity index (χ4n) is 0.375. The van der Waals surface area contributed by atoms with E-state index in [4.69, 9.17) is 23.2 Å². The topological polar surface area (TPSA) is 15.8 Å². The zero-order chi connectivity index (χ0) is 6.15. The molecule has 0 amide bonds. The first kappa shape index (κ1) is 6.71. The van der Waals surface area contributed by atoms with Gasteiger partial charge in [-0.25, -0.2) is 0 Å². The van der Waals surface area contributed by atoms with Crippen molar-refractivity contribution in [1.29, 1.82) is 0 Å². The molecule has 0 fully saturated rings. The van der Waals surface area contributed by atoms with E-state index in [9.17, 15) is 0 Å². The molecule has 0 saturated carbocycles. The van der Waals surface area contributed by atoms with Crippen LogP contribution in [0.25, 0.3) is 0 Å². The van der Waals surface area contributed by atoms with Crippen molar-refractivity contribution in [3.8, 4) is 0 Å². The molecule has 1 rings (SSSR count). The Balaban J connectivity index is 3.14. The van der Waals surface area contributed by atoms with E-state index in [1.54, 1.807) is 6.07 Å². The molecule has 44 valence electrons. The van der Waals surface area contributed by atoms with Crippen molar-refractivity contribution >= 4 is 45.8 Å². The van der Waals surface area contributed by atoms with Crippen molar-refractivity contribution in [1.82, 2.24) is 4.98 Å². The molecule has 1 heterocycles. The summed E-state index contributed by atoms with van der Waals surface area (Å²) in [6.45, 7) is 0. The van der Waals surface area contributed by atoms with Crippen LogP contribution in [0.2, 0.25) is 10.2 Å². The molecule has 4 heteroatoms. The minimum absolute atomic E-state index is 0.510. The minimum atomic E-state index is 0.510. The zero-order valence-corrected chi connectivity index (χ0v) is 7.38. The number of H-pyrrole nitrogens is 1. The average molecular weight is 262 g/mol. The monoisotopic (exact) mass is 261 g/mol. The lowest BCUT2D eigenvalue weighted by Gasteiger charge is -1.76. The van der Waals surface area contributed by atoms with Crippen LogP contribution in [-0.2, 0) is 0 Å². The van der Waals surface area contributed by atoms with Crippen molar-refractivity contribution in [2.24, 2.45) is 0 Å². The Morgan fingerprint density at radius 3 is 2.25 bits per heavy atom. The van der Waals surface area contributed by atoms with E-state index in [-0.39, 0.29) is 0 Å². The van der Waals surface area contributed by atoms with Gasteiger partial charge in [-0.15, -0.1) is 0 Å². The maximum atomic E-state index is 5.56. The Kier molecular flexibility index (Phi) is 2.06. The number of hydrogen-bond acceptors (Lipinski definition) is 0. The van der Waals surface area contributed by atoms with Gasteiger partial charge in [-0.1, -0.05) is 23.2 Å². The van der Waals surface area contributed by atoms with E-state index in [2.05, 4.69) is 27.6 Å². The van der Waals surface area contributed by atoms with E-state index in [1.807, 2.05) is 0 Å². The van der Waals surface area contributed by atoms with Crippen LogP contribution >= 0.6 is 45.8 Å². The molecule has 0 bridgehead atoms. The Bertz CT molecular complexity index is 176. The molecule has 0 aliphatic rings. The smallest absolute Gasteiger partial charge is 0.125 e. The number of rotatable bonds is 0. The maximum absolute atomic E-state index is 5.56. The normalized spacial score (nSPS) is 9.88. The van der Waals surface area contributed by atoms with Crippen molar-refractivity contribution in [3.63, 3.8) is 0 Å². The van der Waals surface area contributed by atoms with Crippen LogP contribution in [0, 0.1) is 3.70 Å². The largest absolute Gasteiger partial charge is 0.340 e. The number of nitrogens with one attached hydrogen (secondary N) is 1. The van der Waals surface area contributed by atoms with Gasteiger partial charge in [0.25, 0.3) is 0 Å². The highest BCUT2D eigenvalue weighted by atomic mass is 127. The average Bonchev–Trinajstić information content (AvgIpc) is 1.85. The van der Waals surface area contributed by atoms with Gasteiger partial charge in [0, 0.05) is 0 Å². The van der Waals surface area contributed by atoms with Gasteiger partial charge in [-0.2, -0.15) is 0 Å². The van der Waals surface area contributed by atoms with Gasteiger partial charge in [-0.05, 0) is 28.7 Å². The summed E-state index contributed by atoms with van der Waals surface area (Å²) in [4.78, 5) is 2.83. The Morgan fingerprint density at radius 2 is 2.12 bits per heavy atom. The van der Waals surface area contributed by atoms with Gasteiger partial charge in [-0.3, -0.25) is 0 Å². The van der Waals surface area contributed by atoms with Gasteiger partial charge in [0.05, 0.1) is 8.72 Å². The number of hydrogen-bond donors (Lipinski definition) is 1. The van der Waals surface area contributed by atoms with Crippen molar-refractivity contribution < 1.29 is 0 Å². The summed E-state index contributed by atoms with van der Waals surface area (Å²) in [5, 5.41) is 1.09. The second-order valence-electron chi connectivity index (χ2n) is 1.28. The van der Waals surface area contributed by atoms with Gasteiger partial charge < -0.3 is 4.98 Å². The maximum Gasteiger partial charge on any atom is 0.125 e. The molecule has 0 radical (unpaired) electrons. The standard InChI is InChI=1S/C4H2Cl2IN/c5-2-1-3(7)8-4(2)6/h1,8H. The van der Waals surface area contributed by atoms with Crippen LogP contribution in [0.3, 0.4) is 0 Å². The summed E-state index contributed by atoms with van der Waals surface area (Å²) in [7, 11) is 0. The first-order valence-corrected chi connectivity index (χ1v) is 3.73. The van der Waals surface area contributed by atoms with E-state index in [0.29, 0.717) is 10.2 Å². The predicted molar refractivity (Wildman–Crippen MR) is 43.5 cm³/mol. The van der Waals surface area contributed by atoms with Crippen molar-refractivity contribution in [3.05, 3.63) is 19.9 Å². The molecule has 0 atom stereocenters. The highest BCUT2D eigenvalue weighted by molar-refractivity contribution is 14.1. The lowest BCUT2D eigenvalue weighted by molar-refractivity contribution is 1.35. The second-order valence-corrected chi connectivity index (χ2v) is 3.23. The lowest BCUT2D eigenvalue weighted by Crippen LogP contribution is -1.61. The van der Waals surface area contributed by atoms with E-state index < -0.39 is 0 Å². The van der Waals surface area contributed by atoms with Crippen LogP contribution < -0.4 is 0 Å². The van der Waals surface area contributed by atoms with Crippen LogP contribution in [0.5, 0.6) is 0 Å². The SMILES string of the molecule is Clc1cc(I)[nH]c1Cl. The van der Waals surface area contributed by atoms with Gasteiger partial charge in [0.1, 0.15) is 5.15 Å². The molecule has 1 N–H and O–H groups in total. The van der Waals surface area contributed by atoms with Crippen LogP contribution in [0.1, 0.15) is 0 Å². The summed E-state index contributed by atoms with van der Waals surface area (Å²) in [6, 6.07) is 1.77. The summed E-state index contributed by atoms with van der Waals surface area (Å²) >= 11 is 13.2. The molecule has 0 spiro atoms. The Morgan fingerprint density at radius 1 is 1.50 bits per heavy atom. The van der Waals surface area contributed by atoms with Crippen molar-refractivity contribution in [2.45, 2.75) is 0 Å². The molecule has 0 unspecified atom stereocenters. The molecule has 1 nitrogen and oxygen atoms in total. The molecule has 1 aromatic rings. The van der Waals surface area contributed by atoms with Crippen LogP contribution in [-0.4, -0.2) is 4.98 Å². The van der Waals surface area contributed by atoms with E-state index >= 15 is 0 Å². The van der Waals surface area contributed by atoms with Crippen molar-refractivity contribution in [2.75, 3.05) is 0 Å². The highest BCUT2D eigenvalue weighted by Crippen LogP contribution is 2.22. The first-order chi connectivity index (χ1) is 3.70. The third kappa shape index (κ3) is 1.30. The summed E-state index contributed by atoms with van der Waals surface area (Å²) < 4.78 is 0.956. The summed E-state index contributed by atoms with van der Waals surface area (Å²) in [5.41, 5.74) is 0. The van der Waals surface area contributed by atoms with E-state index in [0.717, 1.165) is 3.70 Å². The Hall–Kier alpha value is 0.590. The highest BCUT2D eigenvalue weighted by Gasteiger charge is 1.98. The zero-order valence-electron chi connectivity index (χ0n) is 3.71. The summed E-state index contributed by atoms with van der Waals surface area (Å²) in [5.74, 6) is 0. The number of halogens is 3. The molecule has 0 aliphatic heterocycles. The van der Waals surface area contributed by atoms with Gasteiger partial charge in [0.15, 0.2) is 0 Å². The van der Waals surface area contributed by atoms with Gasteiger partial charge >= 0.3 is 0 Å². The fourth-order valence-corrected chi connectivity index (χ4v) is 1.61.